The zero-order valence-electron chi connectivity index (χ0n) is 7.51. The number of rotatable bonds is 2. The first-order valence-electron chi connectivity index (χ1n) is 4.01. The summed E-state index contributed by atoms with van der Waals surface area (Å²) in [5.41, 5.74) is 0. The maximum Gasteiger partial charge on any atom is 0.355 e. The van der Waals surface area contributed by atoms with Crippen molar-refractivity contribution >= 4 is 17.3 Å². The highest BCUT2D eigenvalue weighted by molar-refractivity contribution is 7.12. The number of carbonyl (C=O) groups is 1. The zero-order chi connectivity index (χ0) is 9.97. The number of hydrogen-bond donors (Lipinski definition) is 0. The molecule has 2 heterocycles. The van der Waals surface area contributed by atoms with E-state index < -0.39 is 0 Å². The second-order valence-corrected chi connectivity index (χ2v) is 3.64. The fourth-order valence-corrected chi connectivity index (χ4v) is 1.59. The van der Waals surface area contributed by atoms with Gasteiger partial charge in [0, 0.05) is 19.3 Å². The van der Waals surface area contributed by atoms with Gasteiger partial charge in [-0.3, -0.25) is 4.68 Å². The molecule has 0 aliphatic heterocycles. The van der Waals surface area contributed by atoms with Crippen molar-refractivity contribution in [2.75, 3.05) is 0 Å². The van der Waals surface area contributed by atoms with Crippen molar-refractivity contribution in [2.45, 2.75) is 0 Å². The summed E-state index contributed by atoms with van der Waals surface area (Å²) in [5.74, 6) is -0.0374. The summed E-state index contributed by atoms with van der Waals surface area (Å²) >= 11 is 1.35. The first kappa shape index (κ1) is 8.96. The van der Waals surface area contributed by atoms with E-state index in [9.17, 15) is 4.79 Å². The molecular formula is C9H8N2O2S. The minimum Gasteiger partial charge on any atom is -0.402 e. The van der Waals surface area contributed by atoms with Gasteiger partial charge in [-0.2, -0.15) is 0 Å². The monoisotopic (exact) mass is 208 g/mol. The molecule has 0 aromatic carbocycles. The molecule has 0 aliphatic carbocycles. The Hall–Kier alpha value is -1.62. The third kappa shape index (κ3) is 1.82. The minimum atomic E-state index is -0.362. The Morgan fingerprint density at radius 1 is 1.57 bits per heavy atom. The number of ether oxygens (including phenoxy) is 1. The Bertz CT molecular complexity index is 433. The molecule has 0 saturated carbocycles. The van der Waals surface area contributed by atoms with Gasteiger partial charge in [0.1, 0.15) is 4.88 Å². The molecule has 2 rings (SSSR count). The van der Waals surface area contributed by atoms with E-state index >= 15 is 0 Å². The molecule has 0 bridgehead atoms. The minimum absolute atomic E-state index is 0.325. The van der Waals surface area contributed by atoms with Gasteiger partial charge in [0.2, 0.25) is 5.88 Å². The molecule has 0 N–H and O–H groups in total. The van der Waals surface area contributed by atoms with Crippen molar-refractivity contribution in [3.8, 4) is 5.88 Å². The molecule has 5 heteroatoms. The SMILES string of the molecule is Cn1ccc(OC(=O)c2cccs2)n1. The Morgan fingerprint density at radius 2 is 2.43 bits per heavy atom. The van der Waals surface area contributed by atoms with Crippen LogP contribution < -0.4 is 4.74 Å². The molecule has 0 aliphatic rings. The average Bonchev–Trinajstić information content (AvgIpc) is 2.75. The third-order valence-electron chi connectivity index (χ3n) is 1.61. The number of aryl methyl sites for hydroxylation is 1. The van der Waals surface area contributed by atoms with Gasteiger partial charge < -0.3 is 4.74 Å². The standard InChI is InChI=1S/C9H8N2O2S/c1-11-5-4-8(10-11)13-9(12)7-3-2-6-14-7/h2-6H,1H3. The Kier molecular flexibility index (Phi) is 2.32. The summed E-state index contributed by atoms with van der Waals surface area (Å²) in [6.07, 6.45) is 1.72. The van der Waals surface area contributed by atoms with Crippen molar-refractivity contribution in [3.63, 3.8) is 0 Å². The quantitative estimate of drug-likeness (QED) is 0.705. The normalized spacial score (nSPS) is 10.1. The van der Waals surface area contributed by atoms with Gasteiger partial charge in [-0.1, -0.05) is 6.07 Å². The van der Waals surface area contributed by atoms with Crippen LogP contribution in [-0.2, 0) is 7.05 Å². The molecule has 2 aromatic rings. The fraction of sp³-hybridized carbons (Fsp3) is 0.111. The van der Waals surface area contributed by atoms with Crippen molar-refractivity contribution in [3.05, 3.63) is 34.7 Å². The highest BCUT2D eigenvalue weighted by atomic mass is 32.1. The van der Waals surface area contributed by atoms with Crippen molar-refractivity contribution in [1.82, 2.24) is 9.78 Å². The number of nitrogens with zero attached hydrogens (tertiary/aromatic N) is 2. The van der Waals surface area contributed by atoms with E-state index in [4.69, 9.17) is 4.74 Å². The van der Waals surface area contributed by atoms with Crippen LogP contribution in [0.15, 0.2) is 29.8 Å². The van der Waals surface area contributed by atoms with Gasteiger partial charge >= 0.3 is 5.97 Å². The zero-order valence-corrected chi connectivity index (χ0v) is 8.32. The molecule has 4 nitrogen and oxygen atoms in total. The first-order valence-corrected chi connectivity index (χ1v) is 4.89. The van der Waals surface area contributed by atoms with Crippen LogP contribution in [0.25, 0.3) is 0 Å². The molecule has 0 fully saturated rings. The predicted octanol–water partition coefficient (Wildman–Crippen LogP) is 1.70. The van der Waals surface area contributed by atoms with Crippen LogP contribution in [0.4, 0.5) is 0 Å². The summed E-state index contributed by atoms with van der Waals surface area (Å²) in [5, 5.41) is 5.77. The van der Waals surface area contributed by atoms with Crippen molar-refractivity contribution in [2.24, 2.45) is 7.05 Å². The topological polar surface area (TPSA) is 44.1 Å². The average molecular weight is 208 g/mol. The smallest absolute Gasteiger partial charge is 0.355 e. The highest BCUT2D eigenvalue weighted by Crippen LogP contribution is 2.12. The van der Waals surface area contributed by atoms with Crippen molar-refractivity contribution < 1.29 is 9.53 Å². The lowest BCUT2D eigenvalue weighted by Crippen LogP contribution is -2.06. The number of esters is 1. The van der Waals surface area contributed by atoms with Crippen LogP contribution >= 0.6 is 11.3 Å². The van der Waals surface area contributed by atoms with E-state index in [0.29, 0.717) is 10.8 Å². The summed E-state index contributed by atoms with van der Waals surface area (Å²) in [7, 11) is 1.77. The summed E-state index contributed by atoms with van der Waals surface area (Å²) < 4.78 is 6.60. The van der Waals surface area contributed by atoms with Crippen molar-refractivity contribution in [1.29, 1.82) is 0 Å². The molecule has 0 amide bonds. The Labute approximate surface area is 84.7 Å². The summed E-state index contributed by atoms with van der Waals surface area (Å²) in [6.45, 7) is 0. The maximum absolute atomic E-state index is 11.4. The molecular weight excluding hydrogens is 200 g/mol. The second-order valence-electron chi connectivity index (χ2n) is 2.69. The van der Waals surface area contributed by atoms with E-state index in [-0.39, 0.29) is 5.97 Å². The fourth-order valence-electron chi connectivity index (χ4n) is 0.988. The Morgan fingerprint density at radius 3 is 3.00 bits per heavy atom. The number of aromatic nitrogens is 2. The van der Waals surface area contributed by atoms with Gasteiger partial charge in [-0.15, -0.1) is 16.4 Å². The van der Waals surface area contributed by atoms with E-state index in [0.717, 1.165) is 0 Å². The number of carbonyl (C=O) groups excluding carboxylic acids is 1. The maximum atomic E-state index is 11.4. The van der Waals surface area contributed by atoms with Crippen LogP contribution in [0.1, 0.15) is 9.67 Å². The largest absolute Gasteiger partial charge is 0.402 e. The van der Waals surface area contributed by atoms with E-state index in [1.807, 2.05) is 5.38 Å². The summed E-state index contributed by atoms with van der Waals surface area (Å²) in [4.78, 5) is 12.0. The predicted molar refractivity (Wildman–Crippen MR) is 52.5 cm³/mol. The molecule has 0 saturated heterocycles. The Balaban J connectivity index is 2.09. The lowest BCUT2D eigenvalue weighted by molar-refractivity contribution is 0.0731. The lowest BCUT2D eigenvalue weighted by Gasteiger charge is -1.96. The lowest BCUT2D eigenvalue weighted by atomic mass is 10.5. The molecule has 0 spiro atoms. The highest BCUT2D eigenvalue weighted by Gasteiger charge is 2.10. The summed E-state index contributed by atoms with van der Waals surface area (Å²) in [6, 6.07) is 5.17. The van der Waals surface area contributed by atoms with Crippen LogP contribution in [-0.4, -0.2) is 15.7 Å². The second kappa shape index (κ2) is 3.63. The van der Waals surface area contributed by atoms with Gasteiger partial charge in [0.15, 0.2) is 0 Å². The third-order valence-corrected chi connectivity index (χ3v) is 2.46. The number of thiophene rings is 1. The van der Waals surface area contributed by atoms with E-state index in [2.05, 4.69) is 5.10 Å². The number of hydrogen-bond acceptors (Lipinski definition) is 4. The first-order chi connectivity index (χ1) is 6.75. The molecule has 72 valence electrons. The van der Waals surface area contributed by atoms with Crippen LogP contribution in [0, 0.1) is 0 Å². The van der Waals surface area contributed by atoms with E-state index in [1.54, 1.807) is 36.1 Å². The van der Waals surface area contributed by atoms with Crippen LogP contribution in [0.3, 0.4) is 0 Å². The molecule has 0 atom stereocenters. The van der Waals surface area contributed by atoms with E-state index in [1.165, 1.54) is 11.3 Å². The molecule has 0 radical (unpaired) electrons. The van der Waals surface area contributed by atoms with Crippen LogP contribution in [0.5, 0.6) is 5.88 Å². The molecule has 0 unspecified atom stereocenters. The van der Waals surface area contributed by atoms with Gasteiger partial charge in [0.25, 0.3) is 0 Å². The molecule has 14 heavy (non-hydrogen) atoms. The molecule has 2 aromatic heterocycles. The van der Waals surface area contributed by atoms with Gasteiger partial charge in [0.05, 0.1) is 0 Å². The van der Waals surface area contributed by atoms with Crippen LogP contribution in [0.2, 0.25) is 0 Å². The van der Waals surface area contributed by atoms with Gasteiger partial charge in [-0.05, 0) is 11.4 Å². The van der Waals surface area contributed by atoms with Gasteiger partial charge in [-0.25, -0.2) is 4.79 Å².